The molecule has 4 heteroatoms. The van der Waals surface area contributed by atoms with Gasteiger partial charge in [-0.15, -0.1) is 0 Å². The molecule has 0 amide bonds. The third-order valence-corrected chi connectivity index (χ3v) is 2.79. The average Bonchev–Trinajstić information content (AvgIpc) is 2.29. The van der Waals surface area contributed by atoms with Gasteiger partial charge < -0.3 is 20.9 Å². The summed E-state index contributed by atoms with van der Waals surface area (Å²) in [4.78, 5) is 0. The Morgan fingerprint density at radius 3 is 1.77 bits per heavy atom. The minimum atomic E-state index is 0.0440. The van der Waals surface area contributed by atoms with Crippen LogP contribution in [-0.4, -0.2) is 39.5 Å². The van der Waals surface area contributed by atoms with Crippen molar-refractivity contribution in [3.8, 4) is 0 Å². The lowest BCUT2D eigenvalue weighted by molar-refractivity contribution is 0.0131. The molecule has 4 N–H and O–H groups in total. The highest BCUT2D eigenvalue weighted by molar-refractivity contribution is 4.98. The average molecular weight is 188 g/mol. The fourth-order valence-electron chi connectivity index (χ4n) is 2.28. The zero-order valence-electron chi connectivity index (χ0n) is 8.45. The predicted molar refractivity (Wildman–Crippen MR) is 51.4 cm³/mol. The first kappa shape index (κ1) is 10.9. The summed E-state index contributed by atoms with van der Waals surface area (Å²) in [6, 6.07) is 0.176. The van der Waals surface area contributed by atoms with Crippen LogP contribution in [-0.2, 0) is 9.47 Å². The number of hydrogen-bond acceptors (Lipinski definition) is 4. The Morgan fingerprint density at radius 1 is 1.08 bits per heavy atom. The van der Waals surface area contributed by atoms with Crippen LogP contribution in [0.15, 0.2) is 0 Å². The quantitative estimate of drug-likeness (QED) is 0.636. The molecule has 0 aromatic rings. The summed E-state index contributed by atoms with van der Waals surface area (Å²) < 4.78 is 10.4. The van der Waals surface area contributed by atoms with Crippen LogP contribution in [0.3, 0.4) is 0 Å². The lowest BCUT2D eigenvalue weighted by atomic mass is 9.88. The molecule has 0 bridgehead atoms. The second-order valence-corrected chi connectivity index (χ2v) is 4.10. The van der Waals surface area contributed by atoms with E-state index in [4.69, 9.17) is 20.9 Å². The molecular weight excluding hydrogens is 168 g/mol. The molecule has 1 aliphatic rings. The van der Waals surface area contributed by atoms with E-state index in [1.807, 2.05) is 0 Å². The summed E-state index contributed by atoms with van der Waals surface area (Å²) in [7, 11) is 3.40. The zero-order chi connectivity index (χ0) is 9.90. The van der Waals surface area contributed by atoms with Crippen molar-refractivity contribution >= 4 is 0 Å². The maximum atomic E-state index is 5.88. The van der Waals surface area contributed by atoms with Crippen molar-refractivity contribution in [2.24, 2.45) is 16.9 Å². The van der Waals surface area contributed by atoms with Crippen molar-refractivity contribution < 1.29 is 9.47 Å². The van der Waals surface area contributed by atoms with Gasteiger partial charge in [0.1, 0.15) is 0 Å². The van der Waals surface area contributed by atoms with E-state index in [1.165, 1.54) is 0 Å². The molecule has 1 rings (SSSR count). The molecule has 0 aromatic carbocycles. The van der Waals surface area contributed by atoms with E-state index >= 15 is 0 Å². The van der Waals surface area contributed by atoms with E-state index < -0.39 is 0 Å². The Balaban J connectivity index is 2.58. The largest absolute Gasteiger partial charge is 0.384 e. The summed E-state index contributed by atoms with van der Waals surface area (Å²) in [5, 5.41) is 0. The molecule has 0 aromatic heterocycles. The second-order valence-electron chi connectivity index (χ2n) is 4.10. The zero-order valence-corrected chi connectivity index (χ0v) is 8.45. The molecule has 0 heterocycles. The van der Waals surface area contributed by atoms with Gasteiger partial charge in [0.2, 0.25) is 0 Å². The van der Waals surface area contributed by atoms with Gasteiger partial charge in [0.25, 0.3) is 0 Å². The molecule has 1 saturated carbocycles. The molecule has 1 aliphatic carbocycles. The molecule has 0 saturated heterocycles. The summed E-state index contributed by atoms with van der Waals surface area (Å²) in [6.07, 6.45) is 1.80. The van der Waals surface area contributed by atoms with Crippen molar-refractivity contribution in [3.05, 3.63) is 0 Å². The maximum absolute atomic E-state index is 5.88. The predicted octanol–water partition coefficient (Wildman–Crippen LogP) is -0.286. The van der Waals surface area contributed by atoms with Crippen molar-refractivity contribution in [2.45, 2.75) is 24.9 Å². The molecule has 78 valence electrons. The van der Waals surface area contributed by atoms with Crippen LogP contribution < -0.4 is 11.5 Å². The van der Waals surface area contributed by atoms with Crippen molar-refractivity contribution in [1.29, 1.82) is 0 Å². The number of methoxy groups -OCH3 is 2. The van der Waals surface area contributed by atoms with E-state index in [2.05, 4.69) is 0 Å². The SMILES string of the molecule is COCC1(COC)C[C@H](N)[C@@H](N)C1. The fraction of sp³-hybridized carbons (Fsp3) is 1.00. The lowest BCUT2D eigenvalue weighted by Crippen LogP contribution is -2.35. The van der Waals surface area contributed by atoms with Gasteiger partial charge in [-0.25, -0.2) is 0 Å². The molecule has 2 atom stereocenters. The molecule has 0 spiro atoms. The van der Waals surface area contributed by atoms with E-state index in [-0.39, 0.29) is 17.5 Å². The van der Waals surface area contributed by atoms with Crippen LogP contribution in [0.25, 0.3) is 0 Å². The summed E-state index contributed by atoms with van der Waals surface area (Å²) in [5.41, 5.74) is 11.8. The Morgan fingerprint density at radius 2 is 1.46 bits per heavy atom. The lowest BCUT2D eigenvalue weighted by Gasteiger charge is -2.27. The first-order chi connectivity index (χ1) is 6.13. The van der Waals surface area contributed by atoms with Crippen LogP contribution in [0.4, 0.5) is 0 Å². The molecule has 0 radical (unpaired) electrons. The second kappa shape index (κ2) is 4.37. The van der Waals surface area contributed by atoms with Crippen LogP contribution >= 0.6 is 0 Å². The minimum absolute atomic E-state index is 0.0440. The minimum Gasteiger partial charge on any atom is -0.384 e. The Labute approximate surface area is 79.6 Å². The van der Waals surface area contributed by atoms with Gasteiger partial charge in [0.05, 0.1) is 13.2 Å². The van der Waals surface area contributed by atoms with Crippen LogP contribution in [0.5, 0.6) is 0 Å². The summed E-state index contributed by atoms with van der Waals surface area (Å²) in [6.45, 7) is 1.37. The molecule has 1 fully saturated rings. The van der Waals surface area contributed by atoms with E-state index in [0.29, 0.717) is 13.2 Å². The first-order valence-electron chi connectivity index (χ1n) is 4.62. The molecule has 13 heavy (non-hydrogen) atoms. The molecule has 4 nitrogen and oxygen atoms in total. The standard InChI is InChI=1S/C9H20N2O2/c1-12-5-9(6-13-2)3-7(10)8(11)4-9/h7-8H,3-6,10-11H2,1-2H3/t7-,8-/m0/s1. The summed E-state index contributed by atoms with van der Waals surface area (Å²) >= 11 is 0. The van der Waals surface area contributed by atoms with Gasteiger partial charge in [-0.05, 0) is 12.8 Å². The highest BCUT2D eigenvalue weighted by Gasteiger charge is 2.42. The van der Waals surface area contributed by atoms with Crippen molar-refractivity contribution in [2.75, 3.05) is 27.4 Å². The van der Waals surface area contributed by atoms with Crippen LogP contribution in [0.1, 0.15) is 12.8 Å². The van der Waals surface area contributed by atoms with Crippen LogP contribution in [0, 0.1) is 5.41 Å². The van der Waals surface area contributed by atoms with Gasteiger partial charge in [-0.3, -0.25) is 0 Å². The molecule has 0 aliphatic heterocycles. The van der Waals surface area contributed by atoms with Gasteiger partial charge in [0, 0.05) is 31.7 Å². The number of rotatable bonds is 4. The molecule has 0 unspecified atom stereocenters. The number of nitrogens with two attached hydrogens (primary N) is 2. The van der Waals surface area contributed by atoms with Gasteiger partial charge in [0.15, 0.2) is 0 Å². The normalized spacial score (nSPS) is 32.3. The van der Waals surface area contributed by atoms with Crippen LogP contribution in [0.2, 0.25) is 0 Å². The Hall–Kier alpha value is -0.160. The Kier molecular flexibility index (Phi) is 3.67. The van der Waals surface area contributed by atoms with Gasteiger partial charge in [-0.2, -0.15) is 0 Å². The fourth-order valence-corrected chi connectivity index (χ4v) is 2.28. The number of hydrogen-bond donors (Lipinski definition) is 2. The Bertz CT molecular complexity index is 146. The third kappa shape index (κ3) is 2.40. The monoisotopic (exact) mass is 188 g/mol. The van der Waals surface area contributed by atoms with Gasteiger partial charge >= 0.3 is 0 Å². The highest BCUT2D eigenvalue weighted by atomic mass is 16.5. The van der Waals surface area contributed by atoms with Crippen molar-refractivity contribution in [1.82, 2.24) is 0 Å². The number of ether oxygens (including phenoxy) is 2. The summed E-state index contributed by atoms with van der Waals surface area (Å²) in [5.74, 6) is 0. The maximum Gasteiger partial charge on any atom is 0.0541 e. The smallest absolute Gasteiger partial charge is 0.0541 e. The third-order valence-electron chi connectivity index (χ3n) is 2.79. The van der Waals surface area contributed by atoms with Crippen molar-refractivity contribution in [3.63, 3.8) is 0 Å². The van der Waals surface area contributed by atoms with E-state index in [9.17, 15) is 0 Å². The molecular formula is C9H20N2O2. The van der Waals surface area contributed by atoms with E-state index in [0.717, 1.165) is 12.8 Å². The first-order valence-corrected chi connectivity index (χ1v) is 4.62. The highest BCUT2D eigenvalue weighted by Crippen LogP contribution is 2.37. The van der Waals surface area contributed by atoms with Gasteiger partial charge in [-0.1, -0.05) is 0 Å². The topological polar surface area (TPSA) is 70.5 Å². The van der Waals surface area contributed by atoms with E-state index in [1.54, 1.807) is 14.2 Å².